The smallest absolute Gasteiger partial charge is 0.120 e. The van der Waals surface area contributed by atoms with Crippen molar-refractivity contribution < 1.29 is 5.11 Å². The highest BCUT2D eigenvalue weighted by Crippen LogP contribution is 2.28. The lowest BCUT2D eigenvalue weighted by molar-refractivity contribution is 0.241. The van der Waals surface area contributed by atoms with Crippen LogP contribution in [0.5, 0.6) is 5.75 Å². The summed E-state index contributed by atoms with van der Waals surface area (Å²) in [6, 6.07) is 15.4. The van der Waals surface area contributed by atoms with Crippen LogP contribution in [0.4, 0.5) is 0 Å². The van der Waals surface area contributed by atoms with Crippen molar-refractivity contribution in [1.29, 1.82) is 0 Å². The molecule has 1 aliphatic heterocycles. The highest BCUT2D eigenvalue weighted by Gasteiger charge is 2.25. The normalized spacial score (nSPS) is 18.7. The fourth-order valence-electron chi connectivity index (χ4n) is 3.43. The molecule has 0 bridgehead atoms. The molecule has 0 aliphatic carbocycles. The molecule has 2 aromatic rings. The second-order valence-electron chi connectivity index (χ2n) is 6.52. The van der Waals surface area contributed by atoms with Gasteiger partial charge in [0.2, 0.25) is 0 Å². The third kappa shape index (κ3) is 3.33. The molecule has 0 radical (unpaired) electrons. The number of rotatable bonds is 4. The maximum atomic E-state index is 10.2. The summed E-state index contributed by atoms with van der Waals surface area (Å²) in [5, 5.41) is 10.2. The van der Waals surface area contributed by atoms with Gasteiger partial charge in [0.1, 0.15) is 5.75 Å². The molecule has 1 atom stereocenters. The largest absolute Gasteiger partial charge is 0.508 e. The Bertz CT molecular complexity index is 636. The van der Waals surface area contributed by atoms with Gasteiger partial charge in [-0.15, -0.1) is 0 Å². The number of hydrogen-bond acceptors (Lipinski definition) is 2. The SMILES string of the molecule is Cc1cc(O)c(CN2CCCC2Cc2ccccc2)cc1C. The minimum absolute atomic E-state index is 0.438. The first kappa shape index (κ1) is 15.1. The quantitative estimate of drug-likeness (QED) is 0.913. The standard InChI is InChI=1S/C20H25NO/c1-15-11-18(20(22)12-16(15)2)14-21-10-6-9-19(21)13-17-7-4-3-5-8-17/h3-5,7-8,11-12,19,22H,6,9-10,13-14H2,1-2H3. The Labute approximate surface area is 133 Å². The lowest BCUT2D eigenvalue weighted by Gasteiger charge is -2.25. The van der Waals surface area contributed by atoms with E-state index in [1.54, 1.807) is 0 Å². The molecule has 116 valence electrons. The van der Waals surface area contributed by atoms with Gasteiger partial charge in [-0.3, -0.25) is 4.90 Å². The van der Waals surface area contributed by atoms with E-state index in [2.05, 4.69) is 48.2 Å². The summed E-state index contributed by atoms with van der Waals surface area (Å²) in [6.45, 7) is 6.14. The zero-order chi connectivity index (χ0) is 15.5. The van der Waals surface area contributed by atoms with Gasteiger partial charge in [-0.05, 0) is 62.4 Å². The third-order valence-electron chi connectivity index (χ3n) is 4.88. The minimum atomic E-state index is 0.438. The molecule has 1 heterocycles. The Morgan fingerprint density at radius 3 is 2.59 bits per heavy atom. The molecule has 1 unspecified atom stereocenters. The van der Waals surface area contributed by atoms with E-state index in [1.165, 1.54) is 24.0 Å². The van der Waals surface area contributed by atoms with Crippen molar-refractivity contribution in [3.63, 3.8) is 0 Å². The average Bonchev–Trinajstić information content (AvgIpc) is 2.93. The highest BCUT2D eigenvalue weighted by atomic mass is 16.3. The van der Waals surface area contributed by atoms with E-state index in [4.69, 9.17) is 0 Å². The van der Waals surface area contributed by atoms with Gasteiger partial charge in [0, 0.05) is 18.2 Å². The Kier molecular flexibility index (Phi) is 4.49. The Hall–Kier alpha value is -1.80. The Balaban J connectivity index is 1.73. The molecule has 2 aromatic carbocycles. The molecule has 0 aromatic heterocycles. The Morgan fingerprint density at radius 1 is 1.09 bits per heavy atom. The van der Waals surface area contributed by atoms with Gasteiger partial charge in [-0.25, -0.2) is 0 Å². The molecule has 2 nitrogen and oxygen atoms in total. The summed E-state index contributed by atoms with van der Waals surface area (Å²) in [5.74, 6) is 0.438. The molecule has 1 fully saturated rings. The van der Waals surface area contributed by atoms with E-state index in [0.29, 0.717) is 11.8 Å². The van der Waals surface area contributed by atoms with Gasteiger partial charge in [-0.1, -0.05) is 36.4 Å². The molecule has 3 rings (SSSR count). The number of phenolic OH excluding ortho intramolecular Hbond substituents is 1. The van der Waals surface area contributed by atoms with Gasteiger partial charge in [-0.2, -0.15) is 0 Å². The van der Waals surface area contributed by atoms with Crippen molar-refractivity contribution in [2.75, 3.05) is 6.54 Å². The number of aryl methyl sites for hydroxylation is 2. The second kappa shape index (κ2) is 6.53. The molecule has 22 heavy (non-hydrogen) atoms. The van der Waals surface area contributed by atoms with Crippen LogP contribution in [0.25, 0.3) is 0 Å². The van der Waals surface area contributed by atoms with E-state index in [0.717, 1.165) is 30.6 Å². The van der Waals surface area contributed by atoms with Crippen LogP contribution in [0, 0.1) is 13.8 Å². The molecule has 0 spiro atoms. The fraction of sp³-hybridized carbons (Fsp3) is 0.400. The summed E-state index contributed by atoms with van der Waals surface area (Å²) in [5.41, 5.74) is 4.88. The predicted molar refractivity (Wildman–Crippen MR) is 91.2 cm³/mol. The summed E-state index contributed by atoms with van der Waals surface area (Å²) in [7, 11) is 0. The van der Waals surface area contributed by atoms with Crippen molar-refractivity contribution >= 4 is 0 Å². The van der Waals surface area contributed by atoms with Crippen molar-refractivity contribution in [2.45, 2.75) is 45.7 Å². The summed E-state index contributed by atoms with van der Waals surface area (Å²) in [6.07, 6.45) is 3.61. The molecular weight excluding hydrogens is 270 g/mol. The van der Waals surface area contributed by atoms with Crippen molar-refractivity contribution in [1.82, 2.24) is 4.90 Å². The molecule has 1 aliphatic rings. The molecule has 2 heteroatoms. The van der Waals surface area contributed by atoms with E-state index in [-0.39, 0.29) is 0 Å². The second-order valence-corrected chi connectivity index (χ2v) is 6.52. The predicted octanol–water partition coefficient (Wildman–Crippen LogP) is 4.22. The molecule has 1 N–H and O–H groups in total. The average molecular weight is 295 g/mol. The highest BCUT2D eigenvalue weighted by molar-refractivity contribution is 5.40. The molecular formula is C20H25NO. The van der Waals surface area contributed by atoms with Gasteiger partial charge in [0.05, 0.1) is 0 Å². The van der Waals surface area contributed by atoms with Crippen LogP contribution in [-0.2, 0) is 13.0 Å². The molecule has 1 saturated heterocycles. The van der Waals surface area contributed by atoms with Crippen LogP contribution in [0.3, 0.4) is 0 Å². The summed E-state index contributed by atoms with van der Waals surface area (Å²) < 4.78 is 0. The first-order valence-corrected chi connectivity index (χ1v) is 8.20. The topological polar surface area (TPSA) is 23.5 Å². The van der Waals surface area contributed by atoms with Crippen LogP contribution < -0.4 is 0 Å². The minimum Gasteiger partial charge on any atom is -0.508 e. The number of benzene rings is 2. The first-order chi connectivity index (χ1) is 10.6. The summed E-state index contributed by atoms with van der Waals surface area (Å²) in [4.78, 5) is 2.52. The number of likely N-dealkylation sites (tertiary alicyclic amines) is 1. The molecule has 0 saturated carbocycles. The van der Waals surface area contributed by atoms with Crippen molar-refractivity contribution in [3.05, 3.63) is 64.7 Å². The van der Waals surface area contributed by atoms with E-state index < -0.39 is 0 Å². The van der Waals surface area contributed by atoms with Crippen LogP contribution in [0.1, 0.15) is 35.1 Å². The number of aromatic hydroxyl groups is 1. The third-order valence-corrected chi connectivity index (χ3v) is 4.88. The van der Waals surface area contributed by atoms with E-state index >= 15 is 0 Å². The summed E-state index contributed by atoms with van der Waals surface area (Å²) >= 11 is 0. The number of phenols is 1. The van der Waals surface area contributed by atoms with Crippen molar-refractivity contribution in [3.8, 4) is 5.75 Å². The van der Waals surface area contributed by atoms with E-state index in [1.807, 2.05) is 13.0 Å². The van der Waals surface area contributed by atoms with Crippen LogP contribution in [0.15, 0.2) is 42.5 Å². The first-order valence-electron chi connectivity index (χ1n) is 8.20. The van der Waals surface area contributed by atoms with Gasteiger partial charge in [0.25, 0.3) is 0 Å². The lowest BCUT2D eigenvalue weighted by Crippen LogP contribution is -2.30. The van der Waals surface area contributed by atoms with Gasteiger partial charge < -0.3 is 5.11 Å². The maximum Gasteiger partial charge on any atom is 0.120 e. The zero-order valence-electron chi connectivity index (χ0n) is 13.5. The monoisotopic (exact) mass is 295 g/mol. The number of nitrogens with zero attached hydrogens (tertiary/aromatic N) is 1. The zero-order valence-corrected chi connectivity index (χ0v) is 13.5. The van der Waals surface area contributed by atoms with Crippen molar-refractivity contribution in [2.24, 2.45) is 0 Å². The van der Waals surface area contributed by atoms with Gasteiger partial charge >= 0.3 is 0 Å². The fourth-order valence-corrected chi connectivity index (χ4v) is 3.43. The molecule has 0 amide bonds. The van der Waals surface area contributed by atoms with Crippen LogP contribution in [-0.4, -0.2) is 22.6 Å². The Morgan fingerprint density at radius 2 is 1.82 bits per heavy atom. The van der Waals surface area contributed by atoms with Crippen LogP contribution in [0.2, 0.25) is 0 Å². The maximum absolute atomic E-state index is 10.2. The van der Waals surface area contributed by atoms with E-state index in [9.17, 15) is 5.11 Å². The van der Waals surface area contributed by atoms with Crippen LogP contribution >= 0.6 is 0 Å². The lowest BCUT2D eigenvalue weighted by atomic mass is 10.0. The number of hydrogen-bond donors (Lipinski definition) is 1. The van der Waals surface area contributed by atoms with Gasteiger partial charge in [0.15, 0.2) is 0 Å².